The summed E-state index contributed by atoms with van der Waals surface area (Å²) in [6, 6.07) is 43.3. The molecule has 0 amide bonds. The van der Waals surface area contributed by atoms with Crippen molar-refractivity contribution in [2.45, 2.75) is 91.7 Å². The number of nitrogens with zero attached hydrogens (tertiary/aromatic N) is 2. The van der Waals surface area contributed by atoms with E-state index in [1.54, 1.807) is 18.2 Å². The van der Waals surface area contributed by atoms with E-state index in [0.29, 0.717) is 5.20 Å². The molecular formula is C56H74N2O8Si6. The van der Waals surface area contributed by atoms with E-state index in [9.17, 15) is 20.1 Å². The molecule has 0 aliphatic rings. The molecule has 4 aromatic carbocycles. The largest absolute Gasteiger partial charge is 0.457 e. The number of allylic oxidation sites excluding steroid dienone is 4. The Kier molecular flexibility index (Phi) is 23.1. The van der Waals surface area contributed by atoms with Gasteiger partial charge in [-0.05, 0) is 143 Å². The first-order valence-corrected chi connectivity index (χ1v) is 42.3. The molecule has 10 nitrogen and oxygen atoms in total. The van der Waals surface area contributed by atoms with Crippen LogP contribution in [0.4, 0.5) is 0 Å². The van der Waals surface area contributed by atoms with Crippen molar-refractivity contribution in [3.05, 3.63) is 203 Å². The van der Waals surface area contributed by atoms with Gasteiger partial charge in [-0.1, -0.05) is 146 Å². The molecule has 380 valence electrons. The molecule has 0 aliphatic heterocycles. The molecule has 0 saturated carbocycles. The molecule has 72 heavy (non-hydrogen) atoms. The van der Waals surface area contributed by atoms with Gasteiger partial charge in [0.2, 0.25) is 0 Å². The monoisotopic (exact) mass is 1070 g/mol. The summed E-state index contributed by atoms with van der Waals surface area (Å²) in [6.45, 7) is 33.6. The maximum absolute atomic E-state index is 12.8. The second kappa shape index (κ2) is 27.4. The number of ether oxygens (including phenoxy) is 2. The summed E-state index contributed by atoms with van der Waals surface area (Å²) < 4.78 is 36.7. The second-order valence-electron chi connectivity index (χ2n) is 21.0. The van der Waals surface area contributed by atoms with Gasteiger partial charge in [-0.25, -0.2) is 9.59 Å². The highest BCUT2D eigenvalue weighted by Crippen LogP contribution is 2.28. The highest BCUT2D eigenvalue weighted by molar-refractivity contribution is 6.91. The van der Waals surface area contributed by atoms with Crippen molar-refractivity contribution >= 4 is 73.5 Å². The van der Waals surface area contributed by atoms with E-state index in [2.05, 4.69) is 85.1 Å². The second-order valence-corrected chi connectivity index (χ2v) is 46.1. The van der Waals surface area contributed by atoms with Crippen molar-refractivity contribution in [2.75, 3.05) is 13.2 Å². The molecule has 16 heteroatoms. The fourth-order valence-corrected chi connectivity index (χ4v) is 30.0. The van der Waals surface area contributed by atoms with Gasteiger partial charge in [-0.15, -0.1) is 0 Å². The Bertz CT molecular complexity index is 2550. The molecule has 0 fully saturated rings. The van der Waals surface area contributed by atoms with Crippen molar-refractivity contribution in [3.8, 4) is 12.1 Å². The Morgan fingerprint density at radius 3 is 1.07 bits per heavy atom. The van der Waals surface area contributed by atoms with Crippen LogP contribution in [0.15, 0.2) is 180 Å². The molecule has 0 aliphatic carbocycles. The number of hydrogen-bond donors (Lipinski definition) is 0. The van der Waals surface area contributed by atoms with Crippen LogP contribution in [-0.4, -0.2) is 75.5 Å². The normalized spacial score (nSPS) is 12.6. The maximum atomic E-state index is 12.8. The molecule has 0 bridgehead atoms. The van der Waals surface area contributed by atoms with Gasteiger partial charge in [-0.3, -0.25) is 0 Å². The van der Waals surface area contributed by atoms with Crippen molar-refractivity contribution in [1.82, 2.24) is 0 Å². The minimum absolute atomic E-state index is 0.0402. The van der Waals surface area contributed by atoms with Crippen LogP contribution >= 0.6 is 0 Å². The number of carbonyl (C=O) groups excluding carboxylic acids is 2. The third kappa shape index (κ3) is 22.4. The fourth-order valence-electron chi connectivity index (χ4n) is 7.29. The number of benzene rings is 4. The van der Waals surface area contributed by atoms with E-state index in [-0.39, 0.29) is 24.4 Å². The van der Waals surface area contributed by atoms with E-state index in [0.717, 1.165) is 33.4 Å². The van der Waals surface area contributed by atoms with Crippen LogP contribution in [0.25, 0.3) is 11.1 Å². The Morgan fingerprint density at radius 1 is 0.472 bits per heavy atom. The zero-order valence-electron chi connectivity index (χ0n) is 44.8. The molecule has 4 rings (SSSR count). The van der Waals surface area contributed by atoms with Crippen LogP contribution in [0.2, 0.25) is 91.7 Å². The minimum atomic E-state index is -2.82. The number of rotatable bonds is 22. The van der Waals surface area contributed by atoms with Gasteiger partial charge in [0, 0.05) is 5.20 Å². The zero-order chi connectivity index (χ0) is 53.8. The smallest absolute Gasteiger partial charge is 0.349 e. The van der Waals surface area contributed by atoms with Gasteiger partial charge < -0.3 is 25.9 Å². The molecule has 0 aromatic heterocycles. The standard InChI is InChI=1S/2C28H37NO4Si3/c1-23(36(8,32-34(2,3)4)33-35(5,6)7)22-31-28(30)26(21-29)19-20-27(24-15-11-9-12-16-24)25-17-13-10-14-18-25;1-34(2,3)32-36(7,33-35(4,5)6)22-14-21-31-28(30)26(23-29)19-20-27(24-15-10-8-11-16-24)25-17-12-9-13-18-25/h9-20H,1,22H2,2-8H3;8-20,22H,21H2,1-7H3/b26-19-;22-14+,26-19-. The van der Waals surface area contributed by atoms with Crippen LogP contribution in [0.1, 0.15) is 22.3 Å². The van der Waals surface area contributed by atoms with E-state index in [1.165, 1.54) is 12.2 Å². The Labute approximate surface area is 436 Å². The molecule has 0 atom stereocenters. The quantitative estimate of drug-likeness (QED) is 0.0246. The topological polar surface area (TPSA) is 137 Å². The van der Waals surface area contributed by atoms with Crippen molar-refractivity contribution < 1.29 is 35.5 Å². The van der Waals surface area contributed by atoms with Gasteiger partial charge >= 0.3 is 29.1 Å². The van der Waals surface area contributed by atoms with E-state index in [4.69, 9.17) is 25.9 Å². The third-order valence-electron chi connectivity index (χ3n) is 9.62. The third-order valence-corrected chi connectivity index (χ3v) is 28.1. The Hall–Kier alpha value is -5.62. The SMILES string of the molecule is C=C(COC(=O)/C(C#N)=C\C=C(c1ccccc1)c1ccccc1)[Si](C)(O[Si](C)(C)C)O[Si](C)(C)C.C[Si](C)(C)O[Si](C)(/C=C/COC(=O)/C(C#N)=C\C=C(c1ccccc1)c1ccccc1)O[Si](C)(C)C. The van der Waals surface area contributed by atoms with Crippen LogP contribution < -0.4 is 0 Å². The average molecular weight is 1070 g/mol. The number of carbonyl (C=O) groups is 2. The number of hydrogen-bond acceptors (Lipinski definition) is 10. The van der Waals surface area contributed by atoms with E-state index in [1.807, 2.05) is 152 Å². The molecule has 0 heterocycles. The van der Waals surface area contributed by atoms with Crippen molar-refractivity contribution in [2.24, 2.45) is 0 Å². The summed E-state index contributed by atoms with van der Waals surface area (Å²) in [6.07, 6.45) is 8.36. The molecule has 0 spiro atoms. The fraction of sp³-hybridized carbons (Fsp3) is 0.286. The summed E-state index contributed by atoms with van der Waals surface area (Å²) >= 11 is 0. The van der Waals surface area contributed by atoms with Crippen molar-refractivity contribution in [3.63, 3.8) is 0 Å². The minimum Gasteiger partial charge on any atom is -0.457 e. The summed E-state index contributed by atoms with van der Waals surface area (Å²) in [5, 5.41) is 19.9. The highest BCUT2D eigenvalue weighted by Gasteiger charge is 2.43. The first kappa shape index (κ1) is 60.7. The lowest BCUT2D eigenvalue weighted by atomic mass is 9.97. The van der Waals surface area contributed by atoms with Crippen LogP contribution in [0.5, 0.6) is 0 Å². The molecule has 0 saturated heterocycles. The summed E-state index contributed by atoms with van der Waals surface area (Å²) in [5.41, 5.74) is 7.52. The summed E-state index contributed by atoms with van der Waals surface area (Å²) in [7, 11) is -12.9. The Morgan fingerprint density at radius 2 is 0.778 bits per heavy atom. The van der Waals surface area contributed by atoms with Gasteiger partial charge in [0.1, 0.15) is 36.5 Å². The Balaban J connectivity index is 0.000000380. The predicted molar refractivity (Wildman–Crippen MR) is 308 cm³/mol. The number of esters is 2. The van der Waals surface area contributed by atoms with Gasteiger partial charge in [0.05, 0.1) is 0 Å². The lowest BCUT2D eigenvalue weighted by molar-refractivity contribution is -0.138. The molecular weight excluding hydrogens is 997 g/mol. The summed E-state index contributed by atoms with van der Waals surface area (Å²) in [4.78, 5) is 25.5. The zero-order valence-corrected chi connectivity index (χ0v) is 50.8. The van der Waals surface area contributed by atoms with Crippen LogP contribution in [0, 0.1) is 22.7 Å². The van der Waals surface area contributed by atoms with Crippen molar-refractivity contribution in [1.29, 1.82) is 10.5 Å². The van der Waals surface area contributed by atoms with Gasteiger partial charge in [-0.2, -0.15) is 10.5 Å². The summed E-state index contributed by atoms with van der Waals surface area (Å²) in [5.74, 6) is -1.37. The molecule has 4 aromatic rings. The van der Waals surface area contributed by atoms with E-state index >= 15 is 0 Å². The predicted octanol–water partition coefficient (Wildman–Crippen LogP) is 14.0. The number of nitriles is 2. The van der Waals surface area contributed by atoms with Gasteiger partial charge in [0.25, 0.3) is 0 Å². The van der Waals surface area contributed by atoms with E-state index < -0.39 is 62.3 Å². The lowest BCUT2D eigenvalue weighted by Crippen LogP contribution is -2.54. The average Bonchev–Trinajstić information content (AvgIpc) is 3.28. The molecule has 0 N–H and O–H groups in total. The first-order valence-electron chi connectivity index (χ1n) is 23.9. The first-order chi connectivity index (χ1) is 33.6. The maximum Gasteiger partial charge on any atom is 0.349 e. The molecule has 0 radical (unpaired) electrons. The molecule has 0 unspecified atom stereocenters. The highest BCUT2D eigenvalue weighted by atomic mass is 28.5. The lowest BCUT2D eigenvalue weighted by Gasteiger charge is -2.39. The van der Waals surface area contributed by atoms with Crippen LogP contribution in [-0.2, 0) is 35.5 Å². The van der Waals surface area contributed by atoms with Gasteiger partial charge in [0.15, 0.2) is 33.3 Å². The van der Waals surface area contributed by atoms with Crippen LogP contribution in [0.3, 0.4) is 0 Å².